The summed E-state index contributed by atoms with van der Waals surface area (Å²) in [6.07, 6.45) is 1.74. The van der Waals surface area contributed by atoms with Crippen LogP contribution in [0.4, 0.5) is 0 Å². The molecule has 0 saturated heterocycles. The van der Waals surface area contributed by atoms with Crippen LogP contribution in [0.1, 0.15) is 15.9 Å². The summed E-state index contributed by atoms with van der Waals surface area (Å²) in [5.74, 6) is 0.634. The highest BCUT2D eigenvalue weighted by atomic mass is 35.5. The lowest BCUT2D eigenvalue weighted by Crippen LogP contribution is -2.34. The molecule has 154 valence electrons. The number of carbonyl (C=O) groups excluding carboxylic acids is 1. The molecule has 3 aromatic carbocycles. The van der Waals surface area contributed by atoms with E-state index in [2.05, 4.69) is 5.32 Å². The first-order chi connectivity index (χ1) is 14.3. The summed E-state index contributed by atoms with van der Waals surface area (Å²) < 4.78 is 29.2. The predicted molar refractivity (Wildman–Crippen MR) is 117 cm³/mol. The lowest BCUT2D eigenvalue weighted by Gasteiger charge is -2.12. The molecule has 1 N–H and O–H groups in total. The average molecular weight is 442 g/mol. The minimum atomic E-state index is -3.22. The molecule has 0 fully saturated rings. The number of rotatable bonds is 5. The molecule has 4 rings (SSSR count). The Morgan fingerprint density at radius 3 is 2.37 bits per heavy atom. The van der Waals surface area contributed by atoms with E-state index in [4.69, 9.17) is 16.3 Å². The molecule has 30 heavy (non-hydrogen) atoms. The normalized spacial score (nSPS) is 15.3. The maximum absolute atomic E-state index is 12.3. The Morgan fingerprint density at radius 2 is 1.70 bits per heavy atom. The molecule has 0 saturated carbocycles. The SMILES string of the molecule is CS(=O)(=O)c1ccc(-c2ccc3c(c2)CC(CNC(=O)c2ccc(Cl)cc2)O3)cc1. The fraction of sp³-hybridized carbons (Fsp3) is 0.174. The smallest absolute Gasteiger partial charge is 0.251 e. The Kier molecular flexibility index (Phi) is 5.54. The first-order valence-corrected chi connectivity index (χ1v) is 11.7. The van der Waals surface area contributed by atoms with Gasteiger partial charge in [-0.2, -0.15) is 0 Å². The second-order valence-corrected chi connectivity index (χ2v) is 9.73. The van der Waals surface area contributed by atoms with Crippen LogP contribution in [-0.2, 0) is 16.3 Å². The summed E-state index contributed by atoms with van der Waals surface area (Å²) in [6.45, 7) is 0.397. The number of nitrogens with one attached hydrogen (secondary N) is 1. The topological polar surface area (TPSA) is 72.5 Å². The average Bonchev–Trinajstić information content (AvgIpc) is 3.14. The van der Waals surface area contributed by atoms with Crippen molar-refractivity contribution in [2.45, 2.75) is 17.4 Å². The highest BCUT2D eigenvalue weighted by Crippen LogP contribution is 2.33. The van der Waals surface area contributed by atoms with Gasteiger partial charge in [0.15, 0.2) is 9.84 Å². The van der Waals surface area contributed by atoms with Gasteiger partial charge in [0.2, 0.25) is 0 Å². The zero-order valence-electron chi connectivity index (χ0n) is 16.3. The minimum absolute atomic E-state index is 0.140. The van der Waals surface area contributed by atoms with Crippen LogP contribution in [0.25, 0.3) is 11.1 Å². The number of benzene rings is 3. The standard InChI is InChI=1S/C23H20ClNO4S/c1-30(27,28)21-9-4-15(5-10-21)17-6-11-22-18(12-17)13-20(29-22)14-25-23(26)16-2-7-19(24)8-3-16/h2-12,20H,13-14H2,1H3,(H,25,26). The van der Waals surface area contributed by atoms with Crippen molar-refractivity contribution in [3.63, 3.8) is 0 Å². The molecular formula is C23H20ClNO4S. The Morgan fingerprint density at radius 1 is 1.03 bits per heavy atom. The van der Waals surface area contributed by atoms with Crippen molar-refractivity contribution in [3.8, 4) is 16.9 Å². The van der Waals surface area contributed by atoms with Crippen LogP contribution in [0.3, 0.4) is 0 Å². The first-order valence-electron chi connectivity index (χ1n) is 9.43. The molecule has 3 aromatic rings. The summed E-state index contributed by atoms with van der Waals surface area (Å²) in [5.41, 5.74) is 3.54. The van der Waals surface area contributed by atoms with Gasteiger partial charge in [-0.25, -0.2) is 8.42 Å². The van der Waals surface area contributed by atoms with Gasteiger partial charge >= 0.3 is 0 Å². The maximum Gasteiger partial charge on any atom is 0.251 e. The van der Waals surface area contributed by atoms with E-state index < -0.39 is 9.84 Å². The van der Waals surface area contributed by atoms with Gasteiger partial charge in [-0.05, 0) is 65.2 Å². The molecule has 0 aliphatic carbocycles. The van der Waals surface area contributed by atoms with Gasteiger partial charge in [0, 0.05) is 23.3 Å². The van der Waals surface area contributed by atoms with E-state index >= 15 is 0 Å². The Hall–Kier alpha value is -2.83. The lowest BCUT2D eigenvalue weighted by molar-refractivity contribution is 0.0933. The fourth-order valence-electron chi connectivity index (χ4n) is 3.42. The predicted octanol–water partition coefficient (Wildman–Crippen LogP) is 4.14. The third kappa shape index (κ3) is 4.50. The summed E-state index contributed by atoms with van der Waals surface area (Å²) >= 11 is 5.85. The van der Waals surface area contributed by atoms with E-state index in [1.807, 2.05) is 18.2 Å². The number of sulfone groups is 1. The van der Waals surface area contributed by atoms with Crippen LogP contribution in [0.5, 0.6) is 5.75 Å². The molecule has 1 unspecified atom stereocenters. The maximum atomic E-state index is 12.3. The second-order valence-electron chi connectivity index (χ2n) is 7.28. The van der Waals surface area contributed by atoms with Crippen molar-refractivity contribution in [1.29, 1.82) is 0 Å². The molecule has 1 atom stereocenters. The molecule has 1 aliphatic heterocycles. The number of amides is 1. The summed E-state index contributed by atoms with van der Waals surface area (Å²) in [6, 6.07) is 19.5. The molecule has 0 aromatic heterocycles. The monoisotopic (exact) mass is 441 g/mol. The lowest BCUT2D eigenvalue weighted by atomic mass is 10.0. The summed E-state index contributed by atoms with van der Waals surface area (Å²) in [7, 11) is -3.22. The van der Waals surface area contributed by atoms with Gasteiger partial charge in [0.25, 0.3) is 5.91 Å². The van der Waals surface area contributed by atoms with E-state index in [1.165, 1.54) is 6.26 Å². The number of carbonyl (C=O) groups is 1. The van der Waals surface area contributed by atoms with Crippen LogP contribution >= 0.6 is 11.6 Å². The minimum Gasteiger partial charge on any atom is -0.488 e. The number of hydrogen-bond acceptors (Lipinski definition) is 4. The van der Waals surface area contributed by atoms with Gasteiger partial charge in [-0.3, -0.25) is 4.79 Å². The Labute approximate surface area is 180 Å². The Balaban J connectivity index is 1.41. The van der Waals surface area contributed by atoms with Crippen LogP contribution in [0.15, 0.2) is 71.6 Å². The molecule has 1 heterocycles. The third-order valence-electron chi connectivity index (χ3n) is 5.01. The molecule has 0 radical (unpaired) electrons. The zero-order valence-corrected chi connectivity index (χ0v) is 17.8. The molecule has 5 nitrogen and oxygen atoms in total. The van der Waals surface area contributed by atoms with E-state index in [0.29, 0.717) is 28.4 Å². The number of fused-ring (bicyclic) bond motifs is 1. The second kappa shape index (κ2) is 8.13. The van der Waals surface area contributed by atoms with Crippen molar-refractivity contribution in [1.82, 2.24) is 5.32 Å². The van der Waals surface area contributed by atoms with Crippen molar-refractivity contribution in [3.05, 3.63) is 82.9 Å². The van der Waals surface area contributed by atoms with Gasteiger partial charge in [-0.15, -0.1) is 0 Å². The summed E-state index contributed by atoms with van der Waals surface area (Å²) in [5, 5.41) is 3.48. The largest absolute Gasteiger partial charge is 0.488 e. The Bertz CT molecular complexity index is 1190. The third-order valence-corrected chi connectivity index (χ3v) is 6.39. The summed E-state index contributed by atoms with van der Waals surface area (Å²) in [4.78, 5) is 12.6. The fourth-order valence-corrected chi connectivity index (χ4v) is 4.17. The van der Waals surface area contributed by atoms with Crippen molar-refractivity contribution < 1.29 is 17.9 Å². The van der Waals surface area contributed by atoms with Crippen molar-refractivity contribution in [2.75, 3.05) is 12.8 Å². The van der Waals surface area contributed by atoms with Gasteiger partial charge < -0.3 is 10.1 Å². The van der Waals surface area contributed by atoms with Crippen LogP contribution < -0.4 is 10.1 Å². The number of ether oxygens (including phenoxy) is 1. The molecule has 1 aliphatic rings. The van der Waals surface area contributed by atoms with Gasteiger partial charge in [-0.1, -0.05) is 29.8 Å². The van der Waals surface area contributed by atoms with Gasteiger partial charge in [0.1, 0.15) is 11.9 Å². The quantitative estimate of drug-likeness (QED) is 0.645. The van der Waals surface area contributed by atoms with Crippen LogP contribution in [-0.4, -0.2) is 33.2 Å². The van der Waals surface area contributed by atoms with E-state index in [9.17, 15) is 13.2 Å². The highest BCUT2D eigenvalue weighted by Gasteiger charge is 2.24. The van der Waals surface area contributed by atoms with Gasteiger partial charge in [0.05, 0.1) is 11.4 Å². The highest BCUT2D eigenvalue weighted by molar-refractivity contribution is 7.90. The molecular weight excluding hydrogens is 422 g/mol. The first kappa shape index (κ1) is 20.4. The molecule has 1 amide bonds. The van der Waals surface area contributed by atoms with Crippen molar-refractivity contribution >= 4 is 27.3 Å². The zero-order chi connectivity index (χ0) is 21.3. The van der Waals surface area contributed by atoms with Crippen LogP contribution in [0, 0.1) is 0 Å². The van der Waals surface area contributed by atoms with E-state index in [-0.39, 0.29) is 12.0 Å². The molecule has 0 bridgehead atoms. The van der Waals surface area contributed by atoms with Crippen LogP contribution in [0.2, 0.25) is 5.02 Å². The molecule has 7 heteroatoms. The number of hydrogen-bond donors (Lipinski definition) is 1. The van der Waals surface area contributed by atoms with E-state index in [0.717, 1.165) is 22.4 Å². The van der Waals surface area contributed by atoms with E-state index in [1.54, 1.807) is 48.5 Å². The number of halogens is 1. The molecule has 0 spiro atoms. The van der Waals surface area contributed by atoms with Crippen molar-refractivity contribution in [2.24, 2.45) is 0 Å².